The van der Waals surface area contributed by atoms with E-state index in [9.17, 15) is 14.4 Å². The molecule has 49 heavy (non-hydrogen) atoms. The highest BCUT2D eigenvalue weighted by Crippen LogP contribution is 2.27. The Morgan fingerprint density at radius 3 is 2.14 bits per heavy atom. The Balaban J connectivity index is 1.34. The molecule has 5 rings (SSSR count). The Hall–Kier alpha value is -5.73. The summed E-state index contributed by atoms with van der Waals surface area (Å²) in [5.74, 6) is -0.917. The molecule has 3 amide bonds. The number of ether oxygens (including phenoxy) is 1. The van der Waals surface area contributed by atoms with Crippen LogP contribution < -0.4 is 10.1 Å². The fourth-order valence-corrected chi connectivity index (χ4v) is 5.88. The molecule has 0 atom stereocenters. The first-order chi connectivity index (χ1) is 23.9. The van der Waals surface area contributed by atoms with Crippen LogP contribution in [0.25, 0.3) is 6.08 Å². The monoisotopic (exact) mass is 667 g/mol. The number of amidine groups is 1. The van der Waals surface area contributed by atoms with Crippen molar-refractivity contribution in [1.29, 1.82) is 0 Å². The summed E-state index contributed by atoms with van der Waals surface area (Å²) in [6, 6.07) is 34.3. The number of benzene rings is 4. The maximum absolute atomic E-state index is 14.0. The summed E-state index contributed by atoms with van der Waals surface area (Å²) >= 11 is 1.02. The van der Waals surface area contributed by atoms with Crippen molar-refractivity contribution in [2.24, 2.45) is 4.99 Å². The first kappa shape index (κ1) is 34.6. The van der Waals surface area contributed by atoms with Crippen molar-refractivity contribution in [1.82, 2.24) is 10.2 Å². The summed E-state index contributed by atoms with van der Waals surface area (Å²) < 4.78 is 5.91. The molecule has 0 radical (unpaired) electrons. The number of allylic oxidation sites excluding steroid dienone is 4. The Kier molecular flexibility index (Phi) is 11.9. The van der Waals surface area contributed by atoms with E-state index in [2.05, 4.69) is 16.9 Å². The van der Waals surface area contributed by atoms with Crippen LogP contribution in [0.2, 0.25) is 0 Å². The van der Waals surface area contributed by atoms with Crippen LogP contribution in [-0.2, 0) is 21.0 Å². The van der Waals surface area contributed by atoms with Crippen molar-refractivity contribution < 1.29 is 19.1 Å². The molecular formula is C41H37N3O4S. The molecule has 246 valence electrons. The van der Waals surface area contributed by atoms with Gasteiger partial charge in [-0.15, -0.1) is 0 Å². The van der Waals surface area contributed by atoms with Crippen LogP contribution in [0.15, 0.2) is 156 Å². The predicted octanol–water partition coefficient (Wildman–Crippen LogP) is 7.97. The maximum atomic E-state index is 14.0. The second-order valence-corrected chi connectivity index (χ2v) is 12.1. The van der Waals surface area contributed by atoms with Gasteiger partial charge in [-0.25, -0.2) is 0 Å². The molecule has 0 saturated carbocycles. The number of carbonyl (C=O) groups excluding carboxylic acids is 3. The highest BCUT2D eigenvalue weighted by molar-refractivity contribution is 8.14. The predicted molar refractivity (Wildman–Crippen MR) is 198 cm³/mol. The highest BCUT2D eigenvalue weighted by Gasteiger charge is 2.35. The number of thioether (sulfide) groups is 1. The van der Waals surface area contributed by atoms with E-state index in [4.69, 9.17) is 4.74 Å². The van der Waals surface area contributed by atoms with Crippen LogP contribution in [0, 0.1) is 6.92 Å². The molecule has 1 aliphatic heterocycles. The van der Waals surface area contributed by atoms with Gasteiger partial charge in [0.1, 0.15) is 17.9 Å². The molecular weight excluding hydrogens is 631 g/mol. The Labute approximate surface area is 291 Å². The van der Waals surface area contributed by atoms with Gasteiger partial charge in [-0.3, -0.25) is 19.3 Å². The normalized spacial score (nSPS) is 14.3. The van der Waals surface area contributed by atoms with Crippen LogP contribution >= 0.6 is 11.8 Å². The van der Waals surface area contributed by atoms with Crippen molar-refractivity contribution in [3.63, 3.8) is 0 Å². The van der Waals surface area contributed by atoms with E-state index in [-0.39, 0.29) is 28.4 Å². The smallest absolute Gasteiger partial charge is 0.285 e. The lowest BCUT2D eigenvalue weighted by molar-refractivity contribution is -0.126. The zero-order valence-electron chi connectivity index (χ0n) is 27.4. The lowest BCUT2D eigenvalue weighted by atomic mass is 9.99. The molecule has 0 bridgehead atoms. The van der Waals surface area contributed by atoms with Crippen LogP contribution in [0.5, 0.6) is 5.75 Å². The molecule has 4 aromatic rings. The molecule has 0 spiro atoms. The average molecular weight is 668 g/mol. The quantitative estimate of drug-likeness (QED) is 0.0941. The summed E-state index contributed by atoms with van der Waals surface area (Å²) in [7, 11) is 0. The molecule has 1 aliphatic rings. The van der Waals surface area contributed by atoms with Crippen LogP contribution in [0.3, 0.4) is 0 Å². The van der Waals surface area contributed by atoms with E-state index < -0.39 is 11.8 Å². The number of nitrogens with zero attached hydrogens (tertiary/aromatic N) is 2. The SMILES string of the molecule is C=C/C=C\C(=C/C)N1C(=O)/C(=C/c2ccc(OCc3ccc(C)cc3)cc2)C(=O)N=C1SCC(=O)NC(c1ccccc1)c1ccccc1. The topological polar surface area (TPSA) is 88.1 Å². The molecule has 0 saturated heterocycles. The minimum absolute atomic E-state index is 0.0721. The molecule has 4 aromatic carbocycles. The number of hydrogen-bond acceptors (Lipinski definition) is 5. The summed E-state index contributed by atoms with van der Waals surface area (Å²) in [5.41, 5.74) is 5.13. The number of aryl methyl sites for hydroxylation is 1. The maximum Gasteiger partial charge on any atom is 0.285 e. The van der Waals surface area contributed by atoms with Gasteiger partial charge < -0.3 is 10.1 Å². The summed E-state index contributed by atoms with van der Waals surface area (Å²) in [6.45, 7) is 7.97. The Morgan fingerprint density at radius 1 is 0.918 bits per heavy atom. The first-order valence-electron chi connectivity index (χ1n) is 15.8. The molecule has 8 heteroatoms. The second-order valence-electron chi connectivity index (χ2n) is 11.2. The third-order valence-electron chi connectivity index (χ3n) is 7.63. The van der Waals surface area contributed by atoms with Crippen LogP contribution in [0.4, 0.5) is 0 Å². The van der Waals surface area contributed by atoms with E-state index in [0.29, 0.717) is 23.6 Å². The summed E-state index contributed by atoms with van der Waals surface area (Å²) in [6.07, 6.45) is 8.25. The third-order valence-corrected chi connectivity index (χ3v) is 8.57. The first-order valence-corrected chi connectivity index (χ1v) is 16.8. The van der Waals surface area contributed by atoms with E-state index in [0.717, 1.165) is 28.5 Å². The largest absolute Gasteiger partial charge is 0.489 e. The molecule has 7 nitrogen and oxygen atoms in total. The van der Waals surface area contributed by atoms with Gasteiger partial charge in [-0.05, 0) is 60.4 Å². The standard InChI is InChI=1S/C41H37N3O4S/c1-4-6-17-34(5-2)44-40(47)36(26-30-22-24-35(25-23-30)48-27-31-20-18-29(3)19-21-31)39(46)43-41(44)49-28-37(45)42-38(32-13-9-7-10-14-32)33-15-11-8-12-16-33/h4-26,38H,1,27-28H2,2-3H3,(H,42,45)/b17-6-,34-5+,36-26+. The van der Waals surface area contributed by atoms with Crippen molar-refractivity contribution in [2.75, 3.05) is 5.75 Å². The van der Waals surface area contributed by atoms with E-state index in [1.54, 1.807) is 55.5 Å². The number of nitrogens with one attached hydrogen (secondary N) is 1. The average Bonchev–Trinajstić information content (AvgIpc) is 3.13. The number of carbonyl (C=O) groups is 3. The fourth-order valence-electron chi connectivity index (χ4n) is 5.07. The van der Waals surface area contributed by atoms with Gasteiger partial charge in [0, 0.05) is 5.70 Å². The van der Waals surface area contributed by atoms with Gasteiger partial charge in [0.25, 0.3) is 11.8 Å². The van der Waals surface area contributed by atoms with Gasteiger partial charge in [-0.2, -0.15) is 4.99 Å². The molecule has 0 fully saturated rings. The lowest BCUT2D eigenvalue weighted by Crippen LogP contribution is -2.42. The summed E-state index contributed by atoms with van der Waals surface area (Å²) in [4.78, 5) is 46.3. The van der Waals surface area contributed by atoms with Crippen molar-refractivity contribution >= 4 is 40.7 Å². The molecule has 1 N–H and O–H groups in total. The number of hydrogen-bond donors (Lipinski definition) is 1. The summed E-state index contributed by atoms with van der Waals surface area (Å²) in [5, 5.41) is 3.21. The Bertz CT molecular complexity index is 1870. The Morgan fingerprint density at radius 2 is 1.55 bits per heavy atom. The number of aliphatic imine (C=N–C) groups is 1. The molecule has 0 aromatic heterocycles. The third kappa shape index (κ3) is 9.21. The zero-order valence-corrected chi connectivity index (χ0v) is 28.2. The molecule has 0 unspecified atom stereocenters. The van der Waals surface area contributed by atoms with Crippen molar-refractivity contribution in [3.8, 4) is 5.75 Å². The van der Waals surface area contributed by atoms with E-state index in [1.165, 1.54) is 16.5 Å². The molecule has 0 aliphatic carbocycles. The number of rotatable bonds is 12. The van der Waals surface area contributed by atoms with Gasteiger partial charge >= 0.3 is 0 Å². The second kappa shape index (κ2) is 16.9. The number of amides is 3. The van der Waals surface area contributed by atoms with Crippen LogP contribution in [-0.4, -0.2) is 33.5 Å². The van der Waals surface area contributed by atoms with Gasteiger partial charge in [0.15, 0.2) is 5.17 Å². The van der Waals surface area contributed by atoms with Crippen molar-refractivity contribution in [2.45, 2.75) is 26.5 Å². The minimum Gasteiger partial charge on any atom is -0.489 e. The minimum atomic E-state index is -0.682. The zero-order chi connectivity index (χ0) is 34.6. The molecule has 1 heterocycles. The van der Waals surface area contributed by atoms with Crippen LogP contribution in [0.1, 0.15) is 40.8 Å². The lowest BCUT2D eigenvalue weighted by Gasteiger charge is -2.28. The van der Waals surface area contributed by atoms with E-state index >= 15 is 0 Å². The van der Waals surface area contributed by atoms with Gasteiger partial charge in [0.2, 0.25) is 5.91 Å². The van der Waals surface area contributed by atoms with Gasteiger partial charge in [-0.1, -0.05) is 139 Å². The fraction of sp³-hybridized carbons (Fsp3) is 0.122. The highest BCUT2D eigenvalue weighted by atomic mass is 32.2. The van der Waals surface area contributed by atoms with E-state index in [1.807, 2.05) is 91.9 Å². The van der Waals surface area contributed by atoms with Crippen molar-refractivity contribution in [3.05, 3.63) is 179 Å². The van der Waals surface area contributed by atoms with Gasteiger partial charge in [0.05, 0.1) is 11.8 Å².